The molecule has 4 heteroatoms. The van der Waals surface area contributed by atoms with Crippen LogP contribution in [0.2, 0.25) is 0 Å². The van der Waals surface area contributed by atoms with E-state index >= 15 is 0 Å². The number of nitrogens with two attached hydrogens (primary N) is 1. The zero-order chi connectivity index (χ0) is 11.4. The van der Waals surface area contributed by atoms with Gasteiger partial charge in [-0.25, -0.2) is 4.98 Å². The van der Waals surface area contributed by atoms with E-state index in [1.165, 1.54) is 4.88 Å². The van der Waals surface area contributed by atoms with Crippen LogP contribution in [0.1, 0.15) is 16.8 Å². The van der Waals surface area contributed by atoms with Crippen molar-refractivity contribution < 1.29 is 0 Å². The number of nitrogen functional groups attached to an aromatic ring is 1. The number of rotatable bonds is 4. The third kappa shape index (κ3) is 2.52. The largest absolute Gasteiger partial charge is 0.397 e. The highest BCUT2D eigenvalue weighted by Gasteiger charge is 2.01. The lowest BCUT2D eigenvalue weighted by Crippen LogP contribution is -2.01. The SMILES string of the molecule is CCc1cnc(CNc2ccccc2N)s1. The van der Waals surface area contributed by atoms with Crippen molar-refractivity contribution in [1.29, 1.82) is 0 Å². The van der Waals surface area contributed by atoms with Gasteiger partial charge in [0.25, 0.3) is 0 Å². The molecule has 0 saturated carbocycles. The average molecular weight is 233 g/mol. The lowest BCUT2D eigenvalue weighted by molar-refractivity contribution is 1.09. The van der Waals surface area contributed by atoms with Gasteiger partial charge in [0.1, 0.15) is 5.01 Å². The first-order valence-electron chi connectivity index (χ1n) is 5.31. The van der Waals surface area contributed by atoms with E-state index < -0.39 is 0 Å². The Bertz CT molecular complexity index is 465. The molecule has 1 aromatic heterocycles. The lowest BCUT2D eigenvalue weighted by atomic mass is 10.3. The molecule has 84 valence electrons. The first-order valence-corrected chi connectivity index (χ1v) is 6.13. The van der Waals surface area contributed by atoms with Gasteiger partial charge in [-0.15, -0.1) is 11.3 Å². The summed E-state index contributed by atoms with van der Waals surface area (Å²) >= 11 is 1.74. The number of aryl methyl sites for hydroxylation is 1. The number of hydrogen-bond acceptors (Lipinski definition) is 4. The number of anilines is 2. The van der Waals surface area contributed by atoms with E-state index in [0.29, 0.717) is 0 Å². The Morgan fingerprint density at radius 3 is 2.88 bits per heavy atom. The summed E-state index contributed by atoms with van der Waals surface area (Å²) in [5.74, 6) is 0. The molecule has 1 aromatic carbocycles. The van der Waals surface area contributed by atoms with E-state index in [9.17, 15) is 0 Å². The molecule has 0 saturated heterocycles. The van der Waals surface area contributed by atoms with Crippen molar-refractivity contribution in [3.8, 4) is 0 Å². The van der Waals surface area contributed by atoms with Crippen LogP contribution in [0, 0.1) is 0 Å². The maximum atomic E-state index is 5.84. The predicted molar refractivity (Wildman–Crippen MR) is 69.7 cm³/mol. The maximum absolute atomic E-state index is 5.84. The van der Waals surface area contributed by atoms with Gasteiger partial charge in [0, 0.05) is 11.1 Å². The van der Waals surface area contributed by atoms with Gasteiger partial charge in [0.15, 0.2) is 0 Å². The van der Waals surface area contributed by atoms with E-state index in [2.05, 4.69) is 17.2 Å². The van der Waals surface area contributed by atoms with Crippen LogP contribution in [0.25, 0.3) is 0 Å². The second-order valence-corrected chi connectivity index (χ2v) is 4.71. The summed E-state index contributed by atoms with van der Waals surface area (Å²) in [6.07, 6.45) is 2.99. The van der Waals surface area contributed by atoms with Crippen molar-refractivity contribution in [2.45, 2.75) is 19.9 Å². The summed E-state index contributed by atoms with van der Waals surface area (Å²) in [5, 5.41) is 4.39. The molecule has 1 heterocycles. The topological polar surface area (TPSA) is 50.9 Å². The van der Waals surface area contributed by atoms with Crippen molar-refractivity contribution in [2.75, 3.05) is 11.1 Å². The number of hydrogen-bond donors (Lipinski definition) is 2. The summed E-state index contributed by atoms with van der Waals surface area (Å²) < 4.78 is 0. The predicted octanol–water partition coefficient (Wildman–Crippen LogP) is 2.90. The minimum Gasteiger partial charge on any atom is -0.397 e. The van der Waals surface area contributed by atoms with Gasteiger partial charge in [-0.3, -0.25) is 0 Å². The van der Waals surface area contributed by atoms with Gasteiger partial charge in [-0.05, 0) is 18.6 Å². The number of thiazole rings is 1. The van der Waals surface area contributed by atoms with Crippen LogP contribution >= 0.6 is 11.3 Å². The van der Waals surface area contributed by atoms with Crippen LogP contribution in [0.3, 0.4) is 0 Å². The zero-order valence-corrected chi connectivity index (χ0v) is 10.1. The molecule has 3 N–H and O–H groups in total. The van der Waals surface area contributed by atoms with Gasteiger partial charge in [-0.1, -0.05) is 19.1 Å². The monoisotopic (exact) mass is 233 g/mol. The molecule has 0 bridgehead atoms. The summed E-state index contributed by atoms with van der Waals surface area (Å²) in [4.78, 5) is 5.66. The van der Waals surface area contributed by atoms with Crippen LogP contribution in [0.4, 0.5) is 11.4 Å². The second-order valence-electron chi connectivity index (χ2n) is 3.51. The fraction of sp³-hybridized carbons (Fsp3) is 0.250. The molecular formula is C12H15N3S. The molecule has 2 aromatic rings. The van der Waals surface area contributed by atoms with Gasteiger partial charge < -0.3 is 11.1 Å². The highest BCUT2D eigenvalue weighted by Crippen LogP contribution is 2.19. The average Bonchev–Trinajstić information content (AvgIpc) is 2.76. The van der Waals surface area contributed by atoms with Crippen molar-refractivity contribution in [2.24, 2.45) is 0 Å². The van der Waals surface area contributed by atoms with Crippen LogP contribution in [-0.4, -0.2) is 4.98 Å². The number of nitrogens with zero attached hydrogens (tertiary/aromatic N) is 1. The molecule has 0 aliphatic rings. The van der Waals surface area contributed by atoms with E-state index in [-0.39, 0.29) is 0 Å². The van der Waals surface area contributed by atoms with Gasteiger partial charge in [-0.2, -0.15) is 0 Å². The van der Waals surface area contributed by atoms with E-state index in [1.54, 1.807) is 11.3 Å². The summed E-state index contributed by atoms with van der Waals surface area (Å²) in [6, 6.07) is 7.77. The van der Waals surface area contributed by atoms with Gasteiger partial charge in [0.2, 0.25) is 0 Å². The smallest absolute Gasteiger partial charge is 0.112 e. The van der Waals surface area contributed by atoms with E-state index in [0.717, 1.165) is 29.3 Å². The summed E-state index contributed by atoms with van der Waals surface area (Å²) in [7, 11) is 0. The summed E-state index contributed by atoms with van der Waals surface area (Å²) in [5.41, 5.74) is 7.58. The molecule has 0 aliphatic carbocycles. The van der Waals surface area contributed by atoms with Crippen LogP contribution in [-0.2, 0) is 13.0 Å². The van der Waals surface area contributed by atoms with E-state index in [4.69, 9.17) is 5.73 Å². The Kier molecular flexibility index (Phi) is 3.41. The maximum Gasteiger partial charge on any atom is 0.112 e. The number of para-hydroxylation sites is 2. The van der Waals surface area contributed by atoms with E-state index in [1.807, 2.05) is 30.5 Å². The number of aromatic nitrogens is 1. The summed E-state index contributed by atoms with van der Waals surface area (Å²) in [6.45, 7) is 2.87. The van der Waals surface area contributed by atoms with Crippen molar-refractivity contribution in [3.63, 3.8) is 0 Å². The Balaban J connectivity index is 1.99. The normalized spacial score (nSPS) is 10.3. The standard InChI is InChI=1S/C12H15N3S/c1-2-9-7-15-12(16-9)8-14-11-6-4-3-5-10(11)13/h3-7,14H,2,8,13H2,1H3. The third-order valence-electron chi connectivity index (χ3n) is 2.34. The second kappa shape index (κ2) is 4.99. The number of benzene rings is 1. The Hall–Kier alpha value is -1.55. The first-order chi connectivity index (χ1) is 7.79. The minimum absolute atomic E-state index is 0.735. The van der Waals surface area contributed by atoms with Crippen LogP contribution in [0.5, 0.6) is 0 Å². The highest BCUT2D eigenvalue weighted by molar-refractivity contribution is 7.11. The van der Waals surface area contributed by atoms with Crippen molar-refractivity contribution in [1.82, 2.24) is 4.98 Å². The molecule has 3 nitrogen and oxygen atoms in total. The fourth-order valence-electron chi connectivity index (χ4n) is 1.42. The quantitative estimate of drug-likeness (QED) is 0.798. The van der Waals surface area contributed by atoms with Crippen molar-refractivity contribution in [3.05, 3.63) is 40.3 Å². The molecule has 0 radical (unpaired) electrons. The molecule has 0 spiro atoms. The highest BCUT2D eigenvalue weighted by atomic mass is 32.1. The molecule has 0 aliphatic heterocycles. The molecule has 2 rings (SSSR count). The first kappa shape index (κ1) is 11.0. The Labute approximate surface area is 99.3 Å². The fourth-order valence-corrected chi connectivity index (χ4v) is 2.22. The van der Waals surface area contributed by atoms with Crippen molar-refractivity contribution >= 4 is 22.7 Å². The third-order valence-corrected chi connectivity index (χ3v) is 3.48. The Morgan fingerprint density at radius 1 is 1.38 bits per heavy atom. The molecule has 0 unspecified atom stereocenters. The Morgan fingerprint density at radius 2 is 2.19 bits per heavy atom. The lowest BCUT2D eigenvalue weighted by Gasteiger charge is -2.06. The molecular weight excluding hydrogens is 218 g/mol. The minimum atomic E-state index is 0.735. The molecule has 16 heavy (non-hydrogen) atoms. The molecule has 0 amide bonds. The molecule has 0 atom stereocenters. The van der Waals surface area contributed by atoms with Gasteiger partial charge in [0.05, 0.1) is 17.9 Å². The zero-order valence-electron chi connectivity index (χ0n) is 9.23. The van der Waals surface area contributed by atoms with Crippen LogP contribution in [0.15, 0.2) is 30.5 Å². The molecule has 0 fully saturated rings. The van der Waals surface area contributed by atoms with Crippen LogP contribution < -0.4 is 11.1 Å². The van der Waals surface area contributed by atoms with Gasteiger partial charge >= 0.3 is 0 Å². The number of nitrogens with one attached hydrogen (secondary N) is 1.